The lowest BCUT2D eigenvalue weighted by Crippen LogP contribution is -2.42. The highest BCUT2D eigenvalue weighted by atomic mass is 19.1. The molecule has 1 saturated heterocycles. The number of piperidine rings is 1. The highest BCUT2D eigenvalue weighted by Gasteiger charge is 2.28. The minimum atomic E-state index is -0.174. The van der Waals surface area contributed by atoms with Gasteiger partial charge in [0.25, 0.3) is 0 Å². The Morgan fingerprint density at radius 2 is 2.08 bits per heavy atom. The molecule has 0 saturated carbocycles. The van der Waals surface area contributed by atoms with Gasteiger partial charge in [0.05, 0.1) is 5.52 Å². The van der Waals surface area contributed by atoms with Crippen molar-refractivity contribution in [2.45, 2.75) is 44.7 Å². The Labute approximate surface area is 154 Å². The van der Waals surface area contributed by atoms with Crippen molar-refractivity contribution in [1.82, 2.24) is 9.88 Å². The summed E-state index contributed by atoms with van der Waals surface area (Å²) >= 11 is 0. The number of hydrogen-bond donors (Lipinski definition) is 2. The maximum Gasteiger partial charge on any atom is 0.125 e. The molecular weight excluding hydrogens is 325 g/mol. The molecule has 26 heavy (non-hydrogen) atoms. The molecule has 4 rings (SSSR count). The Balaban J connectivity index is 1.61. The second-order valence-corrected chi connectivity index (χ2v) is 7.52. The van der Waals surface area contributed by atoms with E-state index in [1.54, 1.807) is 6.07 Å². The standard InChI is InChI=1S/C22H26FN3/c1-14-19(4-3-5-20(14)24)15(2)21-13-18(8-10-25-21)26-11-9-16-6-7-17(23)12-22(16)26/h3-7,9,11-12,15,18,21,25H,8,10,13,24H2,1-2H3. The van der Waals surface area contributed by atoms with Crippen LogP contribution in [-0.2, 0) is 0 Å². The van der Waals surface area contributed by atoms with Crippen LogP contribution >= 0.6 is 0 Å². The summed E-state index contributed by atoms with van der Waals surface area (Å²) in [5.41, 5.74) is 10.4. The molecule has 3 N–H and O–H groups in total. The first-order valence-electron chi connectivity index (χ1n) is 9.39. The molecule has 0 radical (unpaired) electrons. The van der Waals surface area contributed by atoms with E-state index < -0.39 is 0 Å². The molecule has 3 unspecified atom stereocenters. The number of nitrogens with zero attached hydrogens (tertiary/aromatic N) is 1. The fraction of sp³-hybridized carbons (Fsp3) is 0.364. The van der Waals surface area contributed by atoms with Gasteiger partial charge in [-0.1, -0.05) is 19.1 Å². The summed E-state index contributed by atoms with van der Waals surface area (Å²) in [7, 11) is 0. The van der Waals surface area contributed by atoms with Crippen molar-refractivity contribution >= 4 is 16.6 Å². The number of rotatable bonds is 3. The number of nitrogen functional groups attached to an aromatic ring is 1. The van der Waals surface area contributed by atoms with Gasteiger partial charge in [0.1, 0.15) is 5.82 Å². The Hall–Kier alpha value is -2.33. The normalized spacial score (nSPS) is 21.8. The Bertz CT molecular complexity index is 930. The number of fused-ring (bicyclic) bond motifs is 1. The zero-order chi connectivity index (χ0) is 18.3. The zero-order valence-electron chi connectivity index (χ0n) is 15.4. The van der Waals surface area contributed by atoms with Crippen LogP contribution in [0.3, 0.4) is 0 Å². The number of nitrogens with two attached hydrogens (primary N) is 1. The first-order valence-corrected chi connectivity index (χ1v) is 9.39. The third-order valence-electron chi connectivity index (χ3n) is 6.00. The number of nitrogens with one attached hydrogen (secondary N) is 1. The quantitative estimate of drug-likeness (QED) is 0.668. The molecule has 2 heterocycles. The van der Waals surface area contributed by atoms with E-state index in [-0.39, 0.29) is 5.82 Å². The van der Waals surface area contributed by atoms with Gasteiger partial charge in [0.2, 0.25) is 0 Å². The van der Waals surface area contributed by atoms with Crippen molar-refractivity contribution < 1.29 is 4.39 Å². The largest absolute Gasteiger partial charge is 0.399 e. The number of hydrogen-bond acceptors (Lipinski definition) is 2. The number of benzene rings is 2. The molecule has 2 aromatic carbocycles. The second-order valence-electron chi connectivity index (χ2n) is 7.52. The lowest BCUT2D eigenvalue weighted by Gasteiger charge is -2.36. The zero-order valence-corrected chi connectivity index (χ0v) is 15.4. The van der Waals surface area contributed by atoms with E-state index in [2.05, 4.69) is 42.1 Å². The van der Waals surface area contributed by atoms with E-state index in [1.807, 2.05) is 18.2 Å². The molecule has 0 amide bonds. The fourth-order valence-corrected chi connectivity index (χ4v) is 4.39. The maximum atomic E-state index is 13.7. The van der Waals surface area contributed by atoms with Gasteiger partial charge in [-0.15, -0.1) is 0 Å². The van der Waals surface area contributed by atoms with Crippen LogP contribution in [0.15, 0.2) is 48.7 Å². The summed E-state index contributed by atoms with van der Waals surface area (Å²) in [5, 5.41) is 4.79. The minimum Gasteiger partial charge on any atom is -0.399 e. The predicted octanol–water partition coefficient (Wildman–Crippen LogP) is 4.77. The molecule has 0 bridgehead atoms. The molecule has 3 atom stereocenters. The van der Waals surface area contributed by atoms with Gasteiger partial charge in [0.15, 0.2) is 0 Å². The van der Waals surface area contributed by atoms with Gasteiger partial charge >= 0.3 is 0 Å². The van der Waals surface area contributed by atoms with Gasteiger partial charge in [-0.25, -0.2) is 4.39 Å². The highest BCUT2D eigenvalue weighted by Crippen LogP contribution is 2.34. The Kier molecular flexibility index (Phi) is 4.45. The Morgan fingerprint density at radius 3 is 2.92 bits per heavy atom. The number of halogens is 1. The molecule has 136 valence electrons. The summed E-state index contributed by atoms with van der Waals surface area (Å²) in [5.74, 6) is 0.201. The topological polar surface area (TPSA) is 43.0 Å². The summed E-state index contributed by atoms with van der Waals surface area (Å²) in [6.45, 7) is 5.34. The van der Waals surface area contributed by atoms with Crippen LogP contribution in [0.5, 0.6) is 0 Å². The summed E-state index contributed by atoms with van der Waals surface area (Å²) < 4.78 is 16.0. The van der Waals surface area contributed by atoms with Crippen LogP contribution < -0.4 is 11.1 Å². The van der Waals surface area contributed by atoms with Gasteiger partial charge in [-0.2, -0.15) is 0 Å². The van der Waals surface area contributed by atoms with Crippen LogP contribution in [0.25, 0.3) is 10.9 Å². The second kappa shape index (κ2) is 6.76. The van der Waals surface area contributed by atoms with Gasteiger partial charge in [-0.05, 0) is 79.1 Å². The van der Waals surface area contributed by atoms with Crippen LogP contribution in [0, 0.1) is 12.7 Å². The molecular formula is C22H26FN3. The minimum absolute atomic E-state index is 0.174. The lowest BCUT2D eigenvalue weighted by molar-refractivity contribution is 0.281. The van der Waals surface area contributed by atoms with Gasteiger partial charge in [0, 0.05) is 24.0 Å². The first-order chi connectivity index (χ1) is 12.5. The SMILES string of the molecule is Cc1c(N)cccc1C(C)C1CC(n2ccc3ccc(F)cc32)CCN1. The molecule has 1 aliphatic heterocycles. The summed E-state index contributed by atoms with van der Waals surface area (Å²) in [4.78, 5) is 0. The van der Waals surface area contributed by atoms with E-state index in [9.17, 15) is 4.39 Å². The molecule has 0 aliphatic carbocycles. The van der Waals surface area contributed by atoms with Crippen molar-refractivity contribution in [2.75, 3.05) is 12.3 Å². The van der Waals surface area contributed by atoms with Crippen molar-refractivity contribution in [3.8, 4) is 0 Å². The van der Waals surface area contributed by atoms with Crippen molar-refractivity contribution in [3.63, 3.8) is 0 Å². The third-order valence-corrected chi connectivity index (χ3v) is 6.00. The number of aromatic nitrogens is 1. The molecule has 1 aromatic heterocycles. The van der Waals surface area contributed by atoms with E-state index in [4.69, 9.17) is 5.73 Å². The van der Waals surface area contributed by atoms with Crippen molar-refractivity contribution in [3.05, 3.63) is 65.6 Å². The lowest BCUT2D eigenvalue weighted by atomic mass is 9.84. The molecule has 3 aromatic rings. The third kappa shape index (κ3) is 2.99. The smallest absolute Gasteiger partial charge is 0.125 e. The molecule has 1 aliphatic rings. The van der Waals surface area contributed by atoms with Crippen molar-refractivity contribution in [2.24, 2.45) is 0 Å². The monoisotopic (exact) mass is 351 g/mol. The molecule has 3 nitrogen and oxygen atoms in total. The van der Waals surface area contributed by atoms with E-state index in [1.165, 1.54) is 17.2 Å². The fourth-order valence-electron chi connectivity index (χ4n) is 4.39. The average Bonchev–Trinajstić information content (AvgIpc) is 3.06. The van der Waals surface area contributed by atoms with E-state index in [0.29, 0.717) is 18.0 Å². The first kappa shape index (κ1) is 17.1. The van der Waals surface area contributed by atoms with Crippen LogP contribution in [0.1, 0.15) is 42.9 Å². The van der Waals surface area contributed by atoms with Crippen LogP contribution in [-0.4, -0.2) is 17.2 Å². The van der Waals surface area contributed by atoms with Gasteiger partial charge in [-0.3, -0.25) is 0 Å². The highest BCUT2D eigenvalue weighted by molar-refractivity contribution is 5.80. The van der Waals surface area contributed by atoms with Gasteiger partial charge < -0.3 is 15.6 Å². The molecule has 4 heteroatoms. The predicted molar refractivity (Wildman–Crippen MR) is 106 cm³/mol. The van der Waals surface area contributed by atoms with Crippen LogP contribution in [0.4, 0.5) is 10.1 Å². The molecule has 0 spiro atoms. The number of anilines is 1. The maximum absolute atomic E-state index is 13.7. The summed E-state index contributed by atoms with van der Waals surface area (Å²) in [6, 6.07) is 14.1. The average molecular weight is 351 g/mol. The molecule has 1 fully saturated rings. The van der Waals surface area contributed by atoms with Crippen molar-refractivity contribution in [1.29, 1.82) is 0 Å². The van der Waals surface area contributed by atoms with E-state index in [0.717, 1.165) is 36.0 Å². The van der Waals surface area contributed by atoms with E-state index >= 15 is 0 Å². The Morgan fingerprint density at radius 1 is 1.23 bits per heavy atom. The van der Waals surface area contributed by atoms with Crippen LogP contribution in [0.2, 0.25) is 0 Å². The summed E-state index contributed by atoms with van der Waals surface area (Å²) in [6.07, 6.45) is 4.18.